The van der Waals surface area contributed by atoms with Crippen LogP contribution >= 0.6 is 0 Å². The number of aliphatic hydroxyl groups excluding tert-OH is 1. The van der Waals surface area contributed by atoms with Crippen molar-refractivity contribution in [2.45, 2.75) is 52.1 Å². The Morgan fingerprint density at radius 1 is 0.477 bits per heavy atom. The Balaban J connectivity index is 0.000000168. The zero-order chi connectivity index (χ0) is 61.5. The Morgan fingerprint density at radius 3 is 1.28 bits per heavy atom. The molecule has 0 aromatic heterocycles. The molecule has 2 fully saturated rings. The van der Waals surface area contributed by atoms with Crippen LogP contribution < -0.4 is 34.1 Å². The van der Waals surface area contributed by atoms with E-state index < -0.39 is 16.2 Å². The fourth-order valence-corrected chi connectivity index (χ4v) is 11.4. The highest BCUT2D eigenvalue weighted by Gasteiger charge is 2.40. The lowest BCUT2D eigenvalue weighted by Crippen LogP contribution is -2.47. The third kappa shape index (κ3) is 15.4. The van der Waals surface area contributed by atoms with Gasteiger partial charge in [0.15, 0.2) is 23.0 Å². The number of ether oxygens (including phenoxy) is 4. The maximum atomic E-state index is 13.5. The van der Waals surface area contributed by atoms with Crippen LogP contribution in [0.2, 0.25) is 0 Å². The van der Waals surface area contributed by atoms with Gasteiger partial charge in [0.05, 0.1) is 93.6 Å². The summed E-state index contributed by atoms with van der Waals surface area (Å²) >= 11 is 0. The number of hydrogen-bond donors (Lipinski definition) is 2. The topological polar surface area (TPSA) is 197 Å². The number of piperazine rings is 2. The van der Waals surface area contributed by atoms with Crippen molar-refractivity contribution in [3.63, 3.8) is 0 Å². The number of amides is 4. The summed E-state index contributed by atoms with van der Waals surface area (Å²) in [6.07, 6.45) is 0.286. The molecule has 0 aliphatic carbocycles. The number of anilines is 2. The van der Waals surface area contributed by atoms with E-state index in [9.17, 15) is 27.6 Å². The van der Waals surface area contributed by atoms with Gasteiger partial charge in [-0.15, -0.1) is 0 Å². The van der Waals surface area contributed by atoms with Crippen molar-refractivity contribution < 1.29 is 55.8 Å². The molecule has 0 saturated carbocycles. The number of imide groups is 2. The molecule has 86 heavy (non-hydrogen) atoms. The Kier molecular flexibility index (Phi) is 21.7. The number of methoxy groups -OCH3 is 4. The molecule has 0 bridgehead atoms. The monoisotopic (exact) mass is 1190 g/mol. The number of carbonyl (C=O) groups is 4. The quantitative estimate of drug-likeness (QED) is 0.0684. The number of carbonyl (C=O) groups excluding carboxylic acids is 4. The highest BCUT2D eigenvalue weighted by molar-refractivity contribution is 7.86. The zero-order valence-corrected chi connectivity index (χ0v) is 50.8. The maximum absolute atomic E-state index is 13.5. The van der Waals surface area contributed by atoms with E-state index in [1.807, 2.05) is 103 Å². The molecule has 0 spiro atoms. The number of nitrogens with one attached hydrogen (secondary N) is 1. The van der Waals surface area contributed by atoms with Crippen LogP contribution in [0.3, 0.4) is 0 Å². The van der Waals surface area contributed by atoms with E-state index in [0.29, 0.717) is 51.3 Å². The Morgan fingerprint density at radius 2 is 0.884 bits per heavy atom. The second-order valence-electron chi connectivity index (χ2n) is 21.0. The summed E-state index contributed by atoms with van der Waals surface area (Å²) in [5.74, 6) is 1.33. The van der Waals surface area contributed by atoms with Gasteiger partial charge < -0.3 is 39.2 Å². The molecule has 11 rings (SSSR count). The van der Waals surface area contributed by atoms with Crippen molar-refractivity contribution in [3.8, 4) is 23.0 Å². The molecule has 4 amide bonds. The van der Waals surface area contributed by atoms with E-state index in [0.717, 1.165) is 92.2 Å². The molecular weight excluding hydrogens is 1110 g/mol. The smallest absolute Gasteiger partial charge is 0.264 e. The van der Waals surface area contributed by atoms with Gasteiger partial charge in [-0.1, -0.05) is 115 Å². The molecule has 4 heterocycles. The zero-order valence-electron chi connectivity index (χ0n) is 50.0. The van der Waals surface area contributed by atoms with Crippen LogP contribution in [-0.2, 0) is 27.4 Å². The van der Waals surface area contributed by atoms with Crippen LogP contribution in [0.5, 0.6) is 23.0 Å². The minimum absolute atomic E-state index is 0.175. The van der Waals surface area contributed by atoms with Gasteiger partial charge in [-0.3, -0.25) is 38.1 Å². The fraction of sp³-hybridized carbons (Fsp3) is 0.313. The number of fused-ring (bicyclic) bond motifs is 2. The highest BCUT2D eigenvalue weighted by Crippen LogP contribution is 2.37. The summed E-state index contributed by atoms with van der Waals surface area (Å²) < 4.78 is 47.7. The van der Waals surface area contributed by atoms with Crippen molar-refractivity contribution in [2.24, 2.45) is 0 Å². The van der Waals surface area contributed by atoms with Gasteiger partial charge in [0.1, 0.15) is 0 Å². The molecule has 3 atom stereocenters. The average molecular weight is 1190 g/mol. The van der Waals surface area contributed by atoms with Gasteiger partial charge in [-0.2, -0.15) is 8.42 Å². The third-order valence-corrected chi connectivity index (χ3v) is 16.0. The lowest BCUT2D eigenvalue weighted by molar-refractivity contribution is 0.0627. The van der Waals surface area contributed by atoms with Crippen molar-refractivity contribution in [1.82, 2.24) is 20.0 Å². The second-order valence-corrected chi connectivity index (χ2v) is 22.6. The third-order valence-electron chi connectivity index (χ3n) is 15.3. The fourth-order valence-electron chi connectivity index (χ4n) is 10.7. The first-order chi connectivity index (χ1) is 41.4. The van der Waals surface area contributed by atoms with E-state index in [1.165, 1.54) is 15.4 Å². The van der Waals surface area contributed by atoms with E-state index in [4.69, 9.17) is 28.2 Å². The SMILES string of the molecule is COc1ccc(CN2C(=O)c3cccc(N4CCN([C@@H](C)c5ccccc5)CC4)c3C2=O)cc1OC.COc1ccc(CN2C(=O)c3cccc(N4CCNCC4)c3C2=O)cc1OC.C[C@@H](O)c1ccccc1.C[C@@H](OS(C)(=O)=O)c1ccccc1. The lowest BCUT2D eigenvalue weighted by Gasteiger charge is -2.39. The van der Waals surface area contributed by atoms with E-state index in [-0.39, 0.29) is 42.8 Å². The van der Waals surface area contributed by atoms with Crippen LogP contribution in [0, 0.1) is 0 Å². The molecule has 0 radical (unpaired) electrons. The van der Waals surface area contributed by atoms with E-state index in [2.05, 4.69) is 51.2 Å². The van der Waals surface area contributed by atoms with Gasteiger partial charge in [-0.25, -0.2) is 0 Å². The summed E-state index contributed by atoms with van der Waals surface area (Å²) in [4.78, 5) is 62.4. The van der Waals surface area contributed by atoms with Crippen molar-refractivity contribution in [2.75, 3.05) is 96.9 Å². The predicted molar refractivity (Wildman–Crippen MR) is 332 cm³/mol. The predicted octanol–water partition coefficient (Wildman–Crippen LogP) is 9.76. The Hall–Kier alpha value is -8.59. The molecule has 7 aromatic carbocycles. The molecule has 452 valence electrons. The van der Waals surface area contributed by atoms with Gasteiger partial charge in [0, 0.05) is 58.4 Å². The molecule has 0 unspecified atom stereocenters. The van der Waals surface area contributed by atoms with Crippen LogP contribution in [-0.4, -0.2) is 139 Å². The largest absolute Gasteiger partial charge is 0.493 e. The summed E-state index contributed by atoms with van der Waals surface area (Å²) in [5, 5.41) is 12.3. The van der Waals surface area contributed by atoms with Crippen LogP contribution in [0.25, 0.3) is 0 Å². The van der Waals surface area contributed by atoms with Crippen molar-refractivity contribution in [3.05, 3.63) is 214 Å². The second kappa shape index (κ2) is 29.5. The summed E-state index contributed by atoms with van der Waals surface area (Å²) in [6, 6.07) is 51.6. The van der Waals surface area contributed by atoms with E-state index in [1.54, 1.807) is 78.7 Å². The van der Waals surface area contributed by atoms with Crippen LogP contribution in [0.1, 0.15) is 108 Å². The van der Waals surface area contributed by atoms with Gasteiger partial charge >= 0.3 is 0 Å². The Bertz CT molecular complexity index is 3560. The molecule has 2 N–H and O–H groups in total. The molecular formula is C67H76N6O12S. The number of aliphatic hydroxyl groups is 1. The van der Waals surface area contributed by atoms with Gasteiger partial charge in [-0.05, 0) is 97.1 Å². The lowest BCUT2D eigenvalue weighted by atomic mass is 10.0. The molecule has 2 saturated heterocycles. The first kappa shape index (κ1) is 63.4. The normalized spacial score (nSPS) is 15.8. The minimum atomic E-state index is -3.37. The highest BCUT2D eigenvalue weighted by atomic mass is 32.2. The summed E-state index contributed by atoms with van der Waals surface area (Å²) in [5.41, 5.74) is 8.37. The van der Waals surface area contributed by atoms with Crippen LogP contribution in [0.4, 0.5) is 11.4 Å². The number of rotatable bonds is 16. The first-order valence-electron chi connectivity index (χ1n) is 28.5. The van der Waals surface area contributed by atoms with E-state index >= 15 is 0 Å². The van der Waals surface area contributed by atoms with Crippen LogP contribution in [0.15, 0.2) is 164 Å². The first-order valence-corrected chi connectivity index (χ1v) is 30.3. The number of benzene rings is 7. The van der Waals surface area contributed by atoms with Gasteiger partial charge in [0.25, 0.3) is 33.7 Å². The molecule has 4 aliphatic heterocycles. The summed E-state index contributed by atoms with van der Waals surface area (Å²) in [6.45, 7) is 12.8. The standard InChI is InChI=1S/C29H31N3O4.C21H23N3O4.C9H12O3S.C8H10O/c1-20(22-8-5-4-6-9-22)30-14-16-31(17-15-30)24-11-7-10-23-27(24)29(34)32(28(23)33)19-21-12-13-25(35-2)26(18-21)36-3;1-27-17-7-6-14(12-18(17)28-2)13-24-20(25)15-4-3-5-16(19(15)21(24)26)23-10-8-22-9-11-23;1-8(12-13(2,10)11)9-6-4-3-5-7-9;1-7(9)8-5-3-2-4-6-8/h4-13,18,20H,14-17,19H2,1-3H3;3-7,12,22H,8-11,13H2,1-2H3;3-8H,1-2H3;2-7,9H,1H3/t20-;;8-;7-/m0.11/s1. The summed E-state index contributed by atoms with van der Waals surface area (Å²) in [7, 11) is 2.90. The number of nitrogens with zero attached hydrogens (tertiary/aromatic N) is 5. The molecule has 18 nitrogen and oxygen atoms in total. The Labute approximate surface area is 504 Å². The van der Waals surface area contributed by atoms with Crippen molar-refractivity contribution >= 4 is 45.1 Å². The van der Waals surface area contributed by atoms with Crippen molar-refractivity contribution in [1.29, 1.82) is 0 Å². The number of hydrogen-bond acceptors (Lipinski definition) is 16. The van der Waals surface area contributed by atoms with Gasteiger partial charge in [0.2, 0.25) is 0 Å². The molecule has 19 heteroatoms. The maximum Gasteiger partial charge on any atom is 0.264 e. The average Bonchev–Trinajstić information content (AvgIpc) is 2.98. The minimum Gasteiger partial charge on any atom is -0.493 e. The molecule has 4 aliphatic rings. The molecule has 7 aromatic rings.